The van der Waals surface area contributed by atoms with Gasteiger partial charge in [-0.2, -0.15) is 0 Å². The van der Waals surface area contributed by atoms with E-state index < -0.39 is 5.60 Å². The van der Waals surface area contributed by atoms with E-state index >= 15 is 0 Å². The molecule has 32 heavy (non-hydrogen) atoms. The van der Waals surface area contributed by atoms with E-state index in [0.717, 1.165) is 16.7 Å². The summed E-state index contributed by atoms with van der Waals surface area (Å²) >= 11 is 0. The molecule has 6 nitrogen and oxygen atoms in total. The van der Waals surface area contributed by atoms with Crippen LogP contribution in [0.5, 0.6) is 0 Å². The van der Waals surface area contributed by atoms with Gasteiger partial charge < -0.3 is 9.64 Å². The second-order valence-corrected chi connectivity index (χ2v) is 8.46. The molecule has 0 saturated carbocycles. The molecule has 1 aromatic carbocycles. The van der Waals surface area contributed by atoms with Crippen molar-refractivity contribution >= 4 is 5.91 Å². The summed E-state index contributed by atoms with van der Waals surface area (Å²) in [5.41, 5.74) is 2.08. The standard InChI is InChI=1S/C25H25FN4O2/c26-22-5-3-19(4-6-22)15-29-17-23(21-2-1-9-28-14-21)25(18-29)24(31)30(12-13-32-25)16-20-7-10-27-11-8-20/h1-11,14,23H,12-13,15-18H2/t23-,25-/m0/s1. The highest BCUT2D eigenvalue weighted by Crippen LogP contribution is 2.42. The Morgan fingerprint density at radius 2 is 1.78 bits per heavy atom. The first-order valence-corrected chi connectivity index (χ1v) is 10.8. The molecule has 0 radical (unpaired) electrons. The minimum atomic E-state index is -0.964. The molecule has 1 amide bonds. The van der Waals surface area contributed by atoms with Crippen LogP contribution in [0.1, 0.15) is 22.6 Å². The maximum absolute atomic E-state index is 13.9. The molecule has 1 spiro atoms. The van der Waals surface area contributed by atoms with Gasteiger partial charge in [0.05, 0.1) is 6.61 Å². The first-order chi connectivity index (χ1) is 15.6. The molecule has 2 aromatic heterocycles. The third kappa shape index (κ3) is 4.01. The molecular formula is C25H25FN4O2. The van der Waals surface area contributed by atoms with Crippen molar-refractivity contribution in [1.82, 2.24) is 19.8 Å². The lowest BCUT2D eigenvalue weighted by molar-refractivity contribution is -0.173. The summed E-state index contributed by atoms with van der Waals surface area (Å²) in [4.78, 5) is 26.3. The van der Waals surface area contributed by atoms with E-state index in [1.165, 1.54) is 12.1 Å². The fourth-order valence-electron chi connectivity index (χ4n) is 4.83. The van der Waals surface area contributed by atoms with Crippen molar-refractivity contribution in [3.63, 3.8) is 0 Å². The molecule has 2 fully saturated rings. The molecule has 164 valence electrons. The molecule has 2 saturated heterocycles. The summed E-state index contributed by atoms with van der Waals surface area (Å²) in [6, 6.07) is 14.3. The number of benzene rings is 1. The molecule has 0 aliphatic carbocycles. The van der Waals surface area contributed by atoms with E-state index in [-0.39, 0.29) is 17.6 Å². The predicted octanol–water partition coefficient (Wildman–Crippen LogP) is 3.01. The molecule has 3 aromatic rings. The topological polar surface area (TPSA) is 58.6 Å². The van der Waals surface area contributed by atoms with E-state index in [0.29, 0.717) is 39.3 Å². The third-order valence-corrected chi connectivity index (χ3v) is 6.36. The van der Waals surface area contributed by atoms with Gasteiger partial charge in [-0.15, -0.1) is 0 Å². The molecule has 4 heterocycles. The number of morpholine rings is 1. The summed E-state index contributed by atoms with van der Waals surface area (Å²) < 4.78 is 19.7. The van der Waals surface area contributed by atoms with E-state index in [1.807, 2.05) is 35.4 Å². The number of pyridine rings is 2. The van der Waals surface area contributed by atoms with Gasteiger partial charge in [-0.1, -0.05) is 18.2 Å². The van der Waals surface area contributed by atoms with Crippen molar-refractivity contribution in [3.8, 4) is 0 Å². The lowest BCUT2D eigenvalue weighted by Gasteiger charge is -2.42. The lowest BCUT2D eigenvalue weighted by atomic mass is 9.83. The summed E-state index contributed by atoms with van der Waals surface area (Å²) in [7, 11) is 0. The number of hydrogen-bond acceptors (Lipinski definition) is 5. The zero-order valence-corrected chi connectivity index (χ0v) is 17.7. The quantitative estimate of drug-likeness (QED) is 0.620. The molecule has 2 aliphatic rings. The van der Waals surface area contributed by atoms with Gasteiger partial charge in [0.2, 0.25) is 0 Å². The van der Waals surface area contributed by atoms with Crippen molar-refractivity contribution in [3.05, 3.63) is 95.8 Å². The number of aromatic nitrogens is 2. The van der Waals surface area contributed by atoms with Crippen molar-refractivity contribution in [2.45, 2.75) is 24.6 Å². The van der Waals surface area contributed by atoms with Gasteiger partial charge in [0.1, 0.15) is 5.82 Å². The summed E-state index contributed by atoms with van der Waals surface area (Å²) in [6.07, 6.45) is 7.05. The lowest BCUT2D eigenvalue weighted by Crippen LogP contribution is -2.59. The van der Waals surface area contributed by atoms with Gasteiger partial charge >= 0.3 is 0 Å². The molecule has 5 rings (SSSR count). The van der Waals surface area contributed by atoms with Gasteiger partial charge in [-0.05, 0) is 47.0 Å². The fourth-order valence-corrected chi connectivity index (χ4v) is 4.83. The number of carbonyl (C=O) groups excluding carboxylic acids is 1. The third-order valence-electron chi connectivity index (χ3n) is 6.36. The van der Waals surface area contributed by atoms with Crippen LogP contribution in [0.3, 0.4) is 0 Å². The number of ether oxygens (including phenoxy) is 1. The number of halogens is 1. The Bertz CT molecular complexity index is 1060. The Morgan fingerprint density at radius 1 is 1.00 bits per heavy atom. The number of likely N-dealkylation sites (tertiary alicyclic amines) is 1. The smallest absolute Gasteiger partial charge is 0.257 e. The zero-order valence-electron chi connectivity index (χ0n) is 17.7. The minimum Gasteiger partial charge on any atom is -0.361 e. The molecule has 0 unspecified atom stereocenters. The van der Waals surface area contributed by atoms with Gasteiger partial charge in [-0.25, -0.2) is 4.39 Å². The first-order valence-electron chi connectivity index (χ1n) is 10.8. The van der Waals surface area contributed by atoms with E-state index in [9.17, 15) is 9.18 Å². The largest absolute Gasteiger partial charge is 0.361 e. The fraction of sp³-hybridized carbons (Fsp3) is 0.320. The average molecular weight is 432 g/mol. The van der Waals surface area contributed by atoms with Gasteiger partial charge in [-0.3, -0.25) is 19.7 Å². The van der Waals surface area contributed by atoms with E-state index in [2.05, 4.69) is 14.9 Å². The Labute approximate surface area is 186 Å². The monoisotopic (exact) mass is 432 g/mol. The Hall–Kier alpha value is -3.16. The Kier molecular flexibility index (Phi) is 5.68. The van der Waals surface area contributed by atoms with Crippen LogP contribution < -0.4 is 0 Å². The highest BCUT2D eigenvalue weighted by atomic mass is 19.1. The Morgan fingerprint density at radius 3 is 2.53 bits per heavy atom. The number of nitrogens with zero attached hydrogens (tertiary/aromatic N) is 4. The molecule has 0 N–H and O–H groups in total. The Balaban J connectivity index is 1.44. The molecule has 0 bridgehead atoms. The normalized spacial score (nSPS) is 23.7. The van der Waals surface area contributed by atoms with Crippen LogP contribution in [0.25, 0.3) is 0 Å². The van der Waals surface area contributed by atoms with Crippen molar-refractivity contribution in [2.24, 2.45) is 0 Å². The average Bonchev–Trinajstić information content (AvgIpc) is 3.18. The van der Waals surface area contributed by atoms with Crippen molar-refractivity contribution in [2.75, 3.05) is 26.2 Å². The number of amides is 1. The zero-order chi connectivity index (χ0) is 22.0. The summed E-state index contributed by atoms with van der Waals surface area (Å²) in [5.74, 6) is -0.377. The van der Waals surface area contributed by atoms with Crippen molar-refractivity contribution < 1.29 is 13.9 Å². The molecule has 7 heteroatoms. The molecular weight excluding hydrogens is 407 g/mol. The van der Waals surface area contributed by atoms with Gasteiger partial charge in [0.25, 0.3) is 5.91 Å². The maximum Gasteiger partial charge on any atom is 0.257 e. The van der Waals surface area contributed by atoms with E-state index in [4.69, 9.17) is 4.74 Å². The predicted molar refractivity (Wildman–Crippen MR) is 117 cm³/mol. The SMILES string of the molecule is O=C1N(Cc2ccncc2)CCO[C@]12CN(Cc1ccc(F)cc1)C[C@H]2c1cccnc1. The van der Waals surface area contributed by atoms with Gasteiger partial charge in [0, 0.05) is 63.4 Å². The number of rotatable bonds is 5. The second kappa shape index (κ2) is 8.76. The van der Waals surface area contributed by atoms with Crippen LogP contribution in [0.15, 0.2) is 73.3 Å². The molecule has 2 aliphatic heterocycles. The van der Waals surface area contributed by atoms with Crippen LogP contribution in [0, 0.1) is 5.82 Å². The highest BCUT2D eigenvalue weighted by molar-refractivity contribution is 5.88. The second-order valence-electron chi connectivity index (χ2n) is 8.46. The van der Waals surface area contributed by atoms with Crippen molar-refractivity contribution in [1.29, 1.82) is 0 Å². The van der Waals surface area contributed by atoms with E-state index in [1.54, 1.807) is 30.7 Å². The summed E-state index contributed by atoms with van der Waals surface area (Å²) in [5, 5.41) is 0. The first kappa shape index (κ1) is 20.7. The molecule has 2 atom stereocenters. The minimum absolute atomic E-state index is 0.0102. The van der Waals surface area contributed by atoms with Crippen LogP contribution in [0.2, 0.25) is 0 Å². The highest BCUT2D eigenvalue weighted by Gasteiger charge is 2.56. The van der Waals surface area contributed by atoms with Crippen LogP contribution in [-0.2, 0) is 22.6 Å². The summed E-state index contributed by atoms with van der Waals surface area (Å²) in [6.45, 7) is 3.34. The van der Waals surface area contributed by atoms with Crippen LogP contribution in [0.4, 0.5) is 4.39 Å². The maximum atomic E-state index is 13.9. The van der Waals surface area contributed by atoms with Crippen LogP contribution >= 0.6 is 0 Å². The van der Waals surface area contributed by atoms with Crippen LogP contribution in [-0.4, -0.2) is 57.5 Å². The van der Waals surface area contributed by atoms with Gasteiger partial charge in [0.15, 0.2) is 5.60 Å². The number of carbonyl (C=O) groups is 1. The number of hydrogen-bond donors (Lipinski definition) is 0.